The number of furan rings is 1. The Bertz CT molecular complexity index is 876. The van der Waals surface area contributed by atoms with Gasteiger partial charge in [0.2, 0.25) is 15.9 Å². The quantitative estimate of drug-likeness (QED) is 0.711. The fourth-order valence-corrected chi connectivity index (χ4v) is 4.64. The van der Waals surface area contributed by atoms with E-state index in [1.165, 1.54) is 12.1 Å². The third kappa shape index (κ3) is 5.57. The van der Waals surface area contributed by atoms with E-state index < -0.39 is 10.0 Å². The summed E-state index contributed by atoms with van der Waals surface area (Å²) in [7, 11) is -3.58. The van der Waals surface area contributed by atoms with Gasteiger partial charge in [-0.15, -0.1) is 0 Å². The van der Waals surface area contributed by atoms with Crippen LogP contribution in [0.1, 0.15) is 31.6 Å². The lowest BCUT2D eigenvalue weighted by atomic mass is 10.1. The fraction of sp³-hybridized carbons (Fsp3) is 0.421. The molecule has 1 aliphatic rings. The Morgan fingerprint density at radius 2 is 1.93 bits per heavy atom. The summed E-state index contributed by atoms with van der Waals surface area (Å²) in [6, 6.07) is 9.36. The van der Waals surface area contributed by atoms with Gasteiger partial charge in [-0.1, -0.05) is 11.6 Å². The zero-order valence-corrected chi connectivity index (χ0v) is 17.2. The van der Waals surface area contributed by atoms with Crippen LogP contribution in [0.15, 0.2) is 52.0 Å². The lowest BCUT2D eigenvalue weighted by Crippen LogP contribution is -2.47. The fourth-order valence-electron chi connectivity index (χ4n) is 3.21. The van der Waals surface area contributed by atoms with Gasteiger partial charge in [0.25, 0.3) is 0 Å². The molecule has 1 aromatic heterocycles. The van der Waals surface area contributed by atoms with Crippen LogP contribution in [0.3, 0.4) is 0 Å². The van der Waals surface area contributed by atoms with Crippen molar-refractivity contribution < 1.29 is 17.6 Å². The first-order valence-corrected chi connectivity index (χ1v) is 11.0. The Kier molecular flexibility index (Phi) is 6.77. The summed E-state index contributed by atoms with van der Waals surface area (Å²) in [4.78, 5) is 14.4. The average molecular weight is 426 g/mol. The van der Waals surface area contributed by atoms with E-state index in [1.54, 1.807) is 24.5 Å². The first kappa shape index (κ1) is 20.9. The number of piperidine rings is 1. The second kappa shape index (κ2) is 9.09. The summed E-state index contributed by atoms with van der Waals surface area (Å²) in [5.41, 5.74) is 0. The predicted octanol–water partition coefficient (Wildman–Crippen LogP) is 2.55. The standard InChI is InChI=1S/C19H24ClN3O4S/c1-14(18-3-2-12-27-18)21-19(24)13-23-10-8-16(9-11-23)22-28(25,26)17-6-4-15(20)5-7-17/h2-7,12,14,16,22H,8-11,13H2,1H3,(H,21,24). The molecule has 0 aliphatic carbocycles. The minimum atomic E-state index is -3.58. The molecular formula is C19H24ClN3O4S. The Morgan fingerprint density at radius 3 is 2.54 bits per heavy atom. The van der Waals surface area contributed by atoms with Gasteiger partial charge in [0.15, 0.2) is 0 Å². The lowest BCUT2D eigenvalue weighted by Gasteiger charge is -2.31. The third-order valence-electron chi connectivity index (χ3n) is 4.75. The van der Waals surface area contributed by atoms with Crippen LogP contribution in [-0.4, -0.2) is 44.9 Å². The van der Waals surface area contributed by atoms with Crippen molar-refractivity contribution in [3.63, 3.8) is 0 Å². The highest BCUT2D eigenvalue weighted by atomic mass is 35.5. The maximum atomic E-state index is 12.5. The van der Waals surface area contributed by atoms with Gasteiger partial charge in [0, 0.05) is 24.2 Å². The molecule has 152 valence electrons. The molecule has 0 saturated carbocycles. The zero-order chi connectivity index (χ0) is 20.1. The minimum Gasteiger partial charge on any atom is -0.467 e. The number of amides is 1. The van der Waals surface area contributed by atoms with Gasteiger partial charge in [0.05, 0.1) is 23.7 Å². The normalized spacial score (nSPS) is 17.4. The number of carbonyl (C=O) groups is 1. The van der Waals surface area contributed by atoms with Gasteiger partial charge in [0.1, 0.15) is 5.76 Å². The molecule has 2 aromatic rings. The van der Waals surface area contributed by atoms with Gasteiger partial charge in [-0.3, -0.25) is 9.69 Å². The molecule has 0 spiro atoms. The number of halogens is 1. The van der Waals surface area contributed by atoms with Crippen molar-refractivity contribution in [3.05, 3.63) is 53.4 Å². The van der Waals surface area contributed by atoms with Crippen molar-refractivity contribution in [1.29, 1.82) is 0 Å². The molecule has 2 N–H and O–H groups in total. The summed E-state index contributed by atoms with van der Waals surface area (Å²) in [6.07, 6.45) is 2.87. The highest BCUT2D eigenvalue weighted by Gasteiger charge is 2.26. The maximum Gasteiger partial charge on any atom is 0.240 e. The van der Waals surface area contributed by atoms with Crippen molar-refractivity contribution in [2.24, 2.45) is 0 Å². The third-order valence-corrected chi connectivity index (χ3v) is 6.54. The molecule has 9 heteroatoms. The van der Waals surface area contributed by atoms with E-state index in [1.807, 2.05) is 17.9 Å². The molecule has 1 aliphatic heterocycles. The smallest absolute Gasteiger partial charge is 0.240 e. The van der Waals surface area contributed by atoms with Crippen molar-refractivity contribution in [1.82, 2.24) is 14.9 Å². The van der Waals surface area contributed by atoms with Gasteiger partial charge >= 0.3 is 0 Å². The number of likely N-dealkylation sites (tertiary alicyclic amines) is 1. The van der Waals surface area contributed by atoms with Crippen LogP contribution in [-0.2, 0) is 14.8 Å². The second-order valence-corrected chi connectivity index (χ2v) is 9.08. The SMILES string of the molecule is CC(NC(=O)CN1CCC(NS(=O)(=O)c2ccc(Cl)cc2)CC1)c1ccco1. The van der Waals surface area contributed by atoms with Crippen molar-refractivity contribution >= 4 is 27.5 Å². The van der Waals surface area contributed by atoms with E-state index in [2.05, 4.69) is 10.0 Å². The Hall–Kier alpha value is -1.87. The number of benzene rings is 1. The van der Waals surface area contributed by atoms with E-state index in [0.717, 1.165) is 0 Å². The van der Waals surface area contributed by atoms with Gasteiger partial charge in [-0.05, 0) is 56.2 Å². The molecule has 2 heterocycles. The number of sulfonamides is 1. The van der Waals surface area contributed by atoms with Crippen LogP contribution in [0.4, 0.5) is 0 Å². The van der Waals surface area contributed by atoms with Crippen LogP contribution < -0.4 is 10.0 Å². The summed E-state index contributed by atoms with van der Waals surface area (Å²) in [5.74, 6) is 0.632. The molecule has 1 saturated heterocycles. The van der Waals surface area contributed by atoms with Crippen LogP contribution in [0.25, 0.3) is 0 Å². The van der Waals surface area contributed by atoms with Crippen LogP contribution in [0.2, 0.25) is 5.02 Å². The van der Waals surface area contributed by atoms with Crippen LogP contribution >= 0.6 is 11.6 Å². The van der Waals surface area contributed by atoms with E-state index in [0.29, 0.717) is 36.7 Å². The average Bonchev–Trinajstić information content (AvgIpc) is 3.18. The molecule has 1 aromatic carbocycles. The van der Waals surface area contributed by atoms with Gasteiger partial charge < -0.3 is 9.73 Å². The molecule has 1 unspecified atom stereocenters. The minimum absolute atomic E-state index is 0.0795. The molecular weight excluding hydrogens is 402 g/mol. The van der Waals surface area contributed by atoms with E-state index in [4.69, 9.17) is 16.0 Å². The first-order chi connectivity index (χ1) is 13.3. The summed E-state index contributed by atoms with van der Waals surface area (Å²) < 4.78 is 33.0. The highest BCUT2D eigenvalue weighted by molar-refractivity contribution is 7.89. The molecule has 0 bridgehead atoms. The summed E-state index contributed by atoms with van der Waals surface area (Å²) in [6.45, 7) is 3.45. The number of rotatable bonds is 7. The molecule has 1 amide bonds. The van der Waals surface area contributed by atoms with Crippen molar-refractivity contribution in [2.45, 2.75) is 36.7 Å². The largest absolute Gasteiger partial charge is 0.467 e. The molecule has 0 radical (unpaired) electrons. The maximum absolute atomic E-state index is 12.5. The lowest BCUT2D eigenvalue weighted by molar-refractivity contribution is -0.123. The number of carbonyl (C=O) groups excluding carboxylic acids is 1. The van der Waals surface area contributed by atoms with Crippen LogP contribution in [0.5, 0.6) is 0 Å². The van der Waals surface area contributed by atoms with E-state index >= 15 is 0 Å². The molecule has 28 heavy (non-hydrogen) atoms. The summed E-state index contributed by atoms with van der Waals surface area (Å²) >= 11 is 5.81. The van der Waals surface area contributed by atoms with Crippen molar-refractivity contribution in [2.75, 3.05) is 19.6 Å². The Morgan fingerprint density at radius 1 is 1.25 bits per heavy atom. The number of nitrogens with one attached hydrogen (secondary N) is 2. The molecule has 7 nitrogen and oxygen atoms in total. The van der Waals surface area contributed by atoms with Gasteiger partial charge in [-0.2, -0.15) is 0 Å². The monoisotopic (exact) mass is 425 g/mol. The Balaban J connectivity index is 1.45. The molecule has 1 atom stereocenters. The number of hydrogen-bond acceptors (Lipinski definition) is 5. The Labute approximate surface area is 170 Å². The summed E-state index contributed by atoms with van der Waals surface area (Å²) in [5, 5.41) is 3.40. The first-order valence-electron chi connectivity index (χ1n) is 9.16. The number of hydrogen-bond donors (Lipinski definition) is 2. The zero-order valence-electron chi connectivity index (χ0n) is 15.6. The second-order valence-electron chi connectivity index (χ2n) is 6.93. The van der Waals surface area contributed by atoms with E-state index in [-0.39, 0.29) is 29.4 Å². The van der Waals surface area contributed by atoms with Crippen LogP contribution in [0, 0.1) is 0 Å². The van der Waals surface area contributed by atoms with Crippen molar-refractivity contribution in [3.8, 4) is 0 Å². The highest BCUT2D eigenvalue weighted by Crippen LogP contribution is 2.17. The molecule has 3 rings (SSSR count). The topological polar surface area (TPSA) is 91.7 Å². The van der Waals surface area contributed by atoms with E-state index in [9.17, 15) is 13.2 Å². The molecule has 1 fully saturated rings. The predicted molar refractivity (Wildman–Crippen MR) is 107 cm³/mol. The van der Waals surface area contributed by atoms with Gasteiger partial charge in [-0.25, -0.2) is 13.1 Å². The number of nitrogens with zero attached hydrogens (tertiary/aromatic N) is 1.